The van der Waals surface area contributed by atoms with Crippen molar-refractivity contribution >= 4 is 65.1 Å². The Balaban J connectivity index is 0.000000317. The fourth-order valence-electron chi connectivity index (χ4n) is 1.11. The fraction of sp³-hybridized carbons (Fsp3) is 0. The van der Waals surface area contributed by atoms with Crippen LogP contribution < -0.4 is 4.74 Å². The number of hydrogen-bond donors (Lipinski definition) is 0. The van der Waals surface area contributed by atoms with Crippen molar-refractivity contribution in [3.05, 3.63) is 60.7 Å². The molecule has 0 aliphatic rings. The van der Waals surface area contributed by atoms with Gasteiger partial charge < -0.3 is 4.74 Å². The maximum Gasteiger partial charge on any atom is 0.524 e. The van der Waals surface area contributed by atoms with Crippen LogP contribution in [0.15, 0.2) is 60.7 Å². The number of para-hydroxylation sites is 2. The predicted octanol–water partition coefficient (Wildman–Crippen LogP) is 5.76. The van der Waals surface area contributed by atoms with Gasteiger partial charge >= 0.3 is 4.30 Å². The van der Waals surface area contributed by atoms with E-state index in [9.17, 15) is 0 Å². The summed E-state index contributed by atoms with van der Waals surface area (Å²) in [5.74, 6) is 1.74. The van der Waals surface area contributed by atoms with Crippen LogP contribution in [0.3, 0.4) is 0 Å². The smallest absolute Gasteiger partial charge is 0.457 e. The Hall–Kier alpha value is 0.962. The summed E-state index contributed by atoms with van der Waals surface area (Å²) in [6.07, 6.45) is 0. The van der Waals surface area contributed by atoms with Crippen molar-refractivity contribution in [2.75, 3.05) is 0 Å². The van der Waals surface area contributed by atoms with E-state index in [4.69, 9.17) is 4.74 Å². The minimum Gasteiger partial charge on any atom is -0.457 e. The van der Waals surface area contributed by atoms with Gasteiger partial charge in [0.15, 0.2) is 0 Å². The molecule has 0 aliphatic carbocycles. The molecule has 0 amide bonds. The Morgan fingerprint density at radius 2 is 0.941 bits per heavy atom. The van der Waals surface area contributed by atoms with Crippen molar-refractivity contribution in [1.29, 1.82) is 0 Å². The largest absolute Gasteiger partial charge is 0.524 e. The highest BCUT2D eigenvalue weighted by Gasteiger charge is 1.94. The summed E-state index contributed by atoms with van der Waals surface area (Å²) >= 11 is 7.37. The van der Waals surface area contributed by atoms with Crippen molar-refractivity contribution < 1.29 is 4.74 Å². The van der Waals surface area contributed by atoms with Crippen molar-refractivity contribution in [3.63, 3.8) is 0 Å². The molecule has 0 saturated heterocycles. The molecule has 88 valence electrons. The molecule has 2 aromatic rings. The van der Waals surface area contributed by atoms with Gasteiger partial charge in [0.25, 0.3) is 0 Å². The topological polar surface area (TPSA) is 9.23 Å². The quantitative estimate of drug-likeness (QED) is 0.326. The lowest BCUT2D eigenvalue weighted by Crippen LogP contribution is -1.81. The lowest BCUT2D eigenvalue weighted by Gasteiger charge is -2.03. The van der Waals surface area contributed by atoms with Crippen molar-refractivity contribution in [2.24, 2.45) is 0 Å². The molecule has 17 heavy (non-hydrogen) atoms. The molecule has 0 fully saturated rings. The molecule has 0 aromatic heterocycles. The van der Waals surface area contributed by atoms with E-state index in [1.54, 1.807) is 0 Å². The van der Waals surface area contributed by atoms with Crippen LogP contribution in [0.2, 0.25) is 0 Å². The molecular formula is C12H10AlI3O. The average Bonchev–Trinajstić information content (AvgIpc) is 2.31. The molecule has 5 heteroatoms. The van der Waals surface area contributed by atoms with E-state index in [0.717, 1.165) is 11.5 Å². The summed E-state index contributed by atoms with van der Waals surface area (Å²) < 4.78 is 5.35. The van der Waals surface area contributed by atoms with Crippen molar-refractivity contribution in [2.45, 2.75) is 0 Å². The first-order valence-corrected chi connectivity index (χ1v) is 17.4. The zero-order chi connectivity index (χ0) is 12.5. The van der Waals surface area contributed by atoms with E-state index >= 15 is 0 Å². The average molecular weight is 578 g/mol. The standard InChI is InChI=1S/C12H10O.Al.3HI/c1-3-7-11(8-4-1)13-12-9-5-2-6-10-12;;;;/h1-10H;;3*1H/q;+3;;;/p-3. The molecule has 0 radical (unpaired) electrons. The molecule has 2 rings (SSSR count). The molecule has 0 aliphatic heterocycles. The molecule has 0 heterocycles. The second-order valence-electron chi connectivity index (χ2n) is 2.98. The lowest BCUT2D eigenvalue weighted by atomic mass is 10.3. The maximum absolute atomic E-state index is 5.58. The predicted molar refractivity (Wildman–Crippen MR) is 101 cm³/mol. The molecular weight excluding hydrogens is 568 g/mol. The second kappa shape index (κ2) is 9.84. The molecule has 0 spiro atoms. The van der Waals surface area contributed by atoms with Crippen LogP contribution in [0.25, 0.3) is 0 Å². The molecule has 2 aromatic carbocycles. The monoisotopic (exact) mass is 578 g/mol. The summed E-state index contributed by atoms with van der Waals surface area (Å²) in [6, 6.07) is 19.5. The SMILES string of the molecule is [I][Al]([I])[I].c1ccc(Oc2ccccc2)cc1. The third-order valence-corrected chi connectivity index (χ3v) is 1.72. The summed E-state index contributed by atoms with van der Waals surface area (Å²) in [6.45, 7) is 0. The highest BCUT2D eigenvalue weighted by atomic mass is 127. The number of benzene rings is 2. The van der Waals surface area contributed by atoms with Crippen LogP contribution in [0, 0.1) is 0 Å². The Bertz CT molecular complexity index is 368. The first-order chi connectivity index (χ1) is 8.18. The fourth-order valence-corrected chi connectivity index (χ4v) is 1.11. The Morgan fingerprint density at radius 1 is 0.647 bits per heavy atom. The second-order valence-corrected chi connectivity index (χ2v) is 36.1. The first kappa shape index (κ1) is 16.0. The van der Waals surface area contributed by atoms with E-state index in [2.05, 4.69) is 60.8 Å². The Labute approximate surface area is 140 Å². The van der Waals surface area contributed by atoms with E-state index < -0.39 is 0 Å². The number of ether oxygens (including phenoxy) is 1. The molecule has 0 atom stereocenters. The van der Waals surface area contributed by atoms with Gasteiger partial charge in [-0.05, 0) is 24.3 Å². The third-order valence-electron chi connectivity index (χ3n) is 1.72. The maximum atomic E-state index is 5.58. The van der Waals surface area contributed by atoms with Crippen LogP contribution in [0.1, 0.15) is 0 Å². The summed E-state index contributed by atoms with van der Waals surface area (Å²) in [5, 5.41) is 0. The van der Waals surface area contributed by atoms with Crippen LogP contribution in [0.4, 0.5) is 0 Å². The van der Waals surface area contributed by atoms with E-state index in [-0.39, 0.29) is 4.30 Å². The van der Waals surface area contributed by atoms with E-state index in [1.807, 2.05) is 60.7 Å². The minimum absolute atomic E-state index is 0.229. The van der Waals surface area contributed by atoms with Crippen LogP contribution >= 0.6 is 60.8 Å². The summed E-state index contributed by atoms with van der Waals surface area (Å²) in [4.78, 5) is 0. The zero-order valence-corrected chi connectivity index (χ0v) is 16.5. The number of hydrogen-bond acceptors (Lipinski definition) is 1. The van der Waals surface area contributed by atoms with Crippen LogP contribution in [0.5, 0.6) is 11.5 Å². The van der Waals surface area contributed by atoms with Gasteiger partial charge in [0.2, 0.25) is 0 Å². The van der Waals surface area contributed by atoms with E-state index in [1.165, 1.54) is 0 Å². The van der Waals surface area contributed by atoms with Gasteiger partial charge in [0, 0.05) is 0 Å². The van der Waals surface area contributed by atoms with Gasteiger partial charge in [-0.2, -0.15) is 60.8 Å². The zero-order valence-electron chi connectivity index (χ0n) is 8.89. The molecule has 0 bridgehead atoms. The number of rotatable bonds is 2. The first-order valence-electron chi connectivity index (χ1n) is 4.88. The van der Waals surface area contributed by atoms with Gasteiger partial charge in [0.05, 0.1) is 0 Å². The Kier molecular flexibility index (Phi) is 9.27. The molecule has 1 nitrogen and oxygen atoms in total. The molecule has 0 saturated carbocycles. The highest BCUT2D eigenvalue weighted by molar-refractivity contribution is 14.4. The minimum atomic E-state index is -0.229. The van der Waals surface area contributed by atoms with Gasteiger partial charge in [-0.25, -0.2) is 0 Å². The van der Waals surface area contributed by atoms with Gasteiger partial charge in [-0.3, -0.25) is 0 Å². The number of halogens is 3. The summed E-state index contributed by atoms with van der Waals surface area (Å²) in [7, 11) is 0. The highest BCUT2D eigenvalue weighted by Crippen LogP contribution is 2.19. The van der Waals surface area contributed by atoms with Crippen molar-refractivity contribution in [3.8, 4) is 11.5 Å². The van der Waals surface area contributed by atoms with Gasteiger partial charge in [-0.15, -0.1) is 0 Å². The van der Waals surface area contributed by atoms with Gasteiger partial charge in [-0.1, -0.05) is 36.4 Å². The van der Waals surface area contributed by atoms with Crippen molar-refractivity contribution in [1.82, 2.24) is 0 Å². The third kappa shape index (κ3) is 8.64. The lowest BCUT2D eigenvalue weighted by molar-refractivity contribution is 0.482. The van der Waals surface area contributed by atoms with Crippen LogP contribution in [-0.2, 0) is 0 Å². The summed E-state index contributed by atoms with van der Waals surface area (Å²) in [5.41, 5.74) is 0. The van der Waals surface area contributed by atoms with Crippen LogP contribution in [-0.4, -0.2) is 4.30 Å². The van der Waals surface area contributed by atoms with E-state index in [0.29, 0.717) is 0 Å². The normalized spacial score (nSPS) is 8.88. The van der Waals surface area contributed by atoms with Gasteiger partial charge in [0.1, 0.15) is 11.5 Å². The Morgan fingerprint density at radius 3 is 1.24 bits per heavy atom. The molecule has 0 N–H and O–H groups in total. The molecule has 0 unspecified atom stereocenters.